The topological polar surface area (TPSA) is 46.6 Å². The van der Waals surface area contributed by atoms with E-state index in [1.807, 2.05) is 23.1 Å². The van der Waals surface area contributed by atoms with Gasteiger partial charge in [0.1, 0.15) is 6.10 Å². The average Bonchev–Trinajstić information content (AvgIpc) is 2.76. The van der Waals surface area contributed by atoms with Crippen molar-refractivity contribution in [2.24, 2.45) is 5.92 Å². The summed E-state index contributed by atoms with van der Waals surface area (Å²) in [6, 6.07) is 7.32. The largest absolute Gasteiger partial charge is 0.453 e. The standard InChI is InChI=1S/C16H19NO3/c1-11-5-4-8-17(10-11)15(18)9-14-12-6-2-3-7-13(12)16(19)20-14/h2-3,6-7,11,14H,4-5,8-10H2,1H3. The van der Waals surface area contributed by atoms with Gasteiger partial charge in [0.05, 0.1) is 12.0 Å². The van der Waals surface area contributed by atoms with Gasteiger partial charge in [-0.2, -0.15) is 0 Å². The van der Waals surface area contributed by atoms with Gasteiger partial charge in [-0.3, -0.25) is 4.79 Å². The van der Waals surface area contributed by atoms with Crippen LogP contribution in [0.5, 0.6) is 0 Å². The van der Waals surface area contributed by atoms with Gasteiger partial charge in [-0.25, -0.2) is 4.79 Å². The first-order valence-corrected chi connectivity index (χ1v) is 7.23. The van der Waals surface area contributed by atoms with Crippen LogP contribution in [0.15, 0.2) is 24.3 Å². The van der Waals surface area contributed by atoms with E-state index < -0.39 is 6.10 Å². The molecule has 2 aliphatic rings. The lowest BCUT2D eigenvalue weighted by molar-refractivity contribution is -0.134. The number of nitrogens with zero attached hydrogens (tertiary/aromatic N) is 1. The summed E-state index contributed by atoms with van der Waals surface area (Å²) in [4.78, 5) is 26.0. The number of esters is 1. The van der Waals surface area contributed by atoms with Gasteiger partial charge in [0.25, 0.3) is 0 Å². The lowest BCUT2D eigenvalue weighted by atomic mass is 9.98. The number of benzene rings is 1. The highest BCUT2D eigenvalue weighted by Gasteiger charge is 2.33. The fraction of sp³-hybridized carbons (Fsp3) is 0.500. The van der Waals surface area contributed by atoms with Crippen LogP contribution in [-0.2, 0) is 9.53 Å². The van der Waals surface area contributed by atoms with Crippen molar-refractivity contribution < 1.29 is 14.3 Å². The Balaban J connectivity index is 1.70. The Kier molecular flexibility index (Phi) is 3.47. The number of piperidine rings is 1. The minimum Gasteiger partial charge on any atom is -0.453 e. The van der Waals surface area contributed by atoms with E-state index in [9.17, 15) is 9.59 Å². The highest BCUT2D eigenvalue weighted by Crippen LogP contribution is 2.33. The first kappa shape index (κ1) is 13.2. The monoisotopic (exact) mass is 273 g/mol. The Morgan fingerprint density at radius 2 is 2.20 bits per heavy atom. The molecule has 2 heterocycles. The van der Waals surface area contributed by atoms with Crippen molar-refractivity contribution >= 4 is 11.9 Å². The first-order chi connectivity index (χ1) is 9.65. The summed E-state index contributed by atoms with van der Waals surface area (Å²) in [6.07, 6.45) is 2.09. The van der Waals surface area contributed by atoms with Crippen molar-refractivity contribution in [2.75, 3.05) is 13.1 Å². The van der Waals surface area contributed by atoms with Crippen LogP contribution in [0.1, 0.15) is 48.2 Å². The fourth-order valence-electron chi connectivity index (χ4n) is 3.08. The summed E-state index contributed by atoms with van der Waals surface area (Å²) in [6.45, 7) is 3.82. The van der Waals surface area contributed by atoms with Crippen LogP contribution in [0.2, 0.25) is 0 Å². The maximum absolute atomic E-state index is 12.4. The van der Waals surface area contributed by atoms with Crippen LogP contribution in [0.4, 0.5) is 0 Å². The molecule has 1 saturated heterocycles. The molecule has 0 bridgehead atoms. The van der Waals surface area contributed by atoms with Crippen LogP contribution in [0, 0.1) is 5.92 Å². The van der Waals surface area contributed by atoms with E-state index in [2.05, 4.69) is 6.92 Å². The van der Waals surface area contributed by atoms with Gasteiger partial charge in [-0.15, -0.1) is 0 Å². The summed E-state index contributed by atoms with van der Waals surface area (Å²) in [7, 11) is 0. The smallest absolute Gasteiger partial charge is 0.339 e. The van der Waals surface area contributed by atoms with Crippen LogP contribution in [0.25, 0.3) is 0 Å². The van der Waals surface area contributed by atoms with Gasteiger partial charge in [0, 0.05) is 18.7 Å². The predicted molar refractivity (Wildman–Crippen MR) is 74.2 cm³/mol. The molecular weight excluding hydrogens is 254 g/mol. The van der Waals surface area contributed by atoms with Crippen LogP contribution >= 0.6 is 0 Å². The average molecular weight is 273 g/mol. The molecule has 4 nitrogen and oxygen atoms in total. The molecule has 0 spiro atoms. The van der Waals surface area contributed by atoms with Crippen molar-refractivity contribution in [1.82, 2.24) is 4.90 Å². The molecule has 2 unspecified atom stereocenters. The number of ether oxygens (including phenoxy) is 1. The van der Waals surface area contributed by atoms with Crippen molar-refractivity contribution in [3.8, 4) is 0 Å². The molecule has 1 aromatic carbocycles. The fourth-order valence-corrected chi connectivity index (χ4v) is 3.08. The number of cyclic esters (lactones) is 1. The maximum Gasteiger partial charge on any atom is 0.339 e. The SMILES string of the molecule is CC1CCCN(C(=O)CC2OC(=O)c3ccccc32)C1. The lowest BCUT2D eigenvalue weighted by Crippen LogP contribution is -2.39. The Bertz CT molecular complexity index is 540. The molecule has 1 aromatic rings. The lowest BCUT2D eigenvalue weighted by Gasteiger charge is -2.31. The summed E-state index contributed by atoms with van der Waals surface area (Å²) in [5, 5.41) is 0. The summed E-state index contributed by atoms with van der Waals surface area (Å²) < 4.78 is 5.33. The Labute approximate surface area is 118 Å². The molecule has 20 heavy (non-hydrogen) atoms. The molecule has 0 saturated carbocycles. The molecule has 2 atom stereocenters. The Hall–Kier alpha value is -1.84. The van der Waals surface area contributed by atoms with Crippen molar-refractivity contribution in [3.63, 3.8) is 0 Å². The third-order valence-corrected chi connectivity index (χ3v) is 4.15. The predicted octanol–water partition coefficient (Wildman–Crippen LogP) is 2.55. The molecule has 1 amide bonds. The van der Waals surface area contributed by atoms with E-state index >= 15 is 0 Å². The second-order valence-electron chi connectivity index (χ2n) is 5.77. The molecule has 4 heteroatoms. The van der Waals surface area contributed by atoms with Crippen molar-refractivity contribution in [3.05, 3.63) is 35.4 Å². The molecule has 0 aliphatic carbocycles. The summed E-state index contributed by atoms with van der Waals surface area (Å²) in [5.74, 6) is 0.336. The van der Waals surface area contributed by atoms with Gasteiger partial charge in [-0.1, -0.05) is 25.1 Å². The van der Waals surface area contributed by atoms with E-state index in [1.165, 1.54) is 6.42 Å². The van der Waals surface area contributed by atoms with E-state index in [1.54, 1.807) is 6.07 Å². The Morgan fingerprint density at radius 1 is 1.40 bits per heavy atom. The number of hydrogen-bond donors (Lipinski definition) is 0. The number of carbonyl (C=O) groups is 2. The molecule has 2 aliphatic heterocycles. The molecule has 0 radical (unpaired) electrons. The maximum atomic E-state index is 12.4. The van der Waals surface area contributed by atoms with E-state index in [0.717, 1.165) is 25.1 Å². The minimum absolute atomic E-state index is 0.0889. The number of hydrogen-bond acceptors (Lipinski definition) is 3. The van der Waals surface area contributed by atoms with Gasteiger partial charge in [0.15, 0.2) is 0 Å². The summed E-state index contributed by atoms with van der Waals surface area (Å²) in [5.41, 5.74) is 1.44. The van der Waals surface area contributed by atoms with Crippen LogP contribution in [-0.4, -0.2) is 29.9 Å². The molecule has 106 valence electrons. The van der Waals surface area contributed by atoms with Crippen LogP contribution < -0.4 is 0 Å². The minimum atomic E-state index is -0.413. The van der Waals surface area contributed by atoms with Crippen molar-refractivity contribution in [1.29, 1.82) is 0 Å². The van der Waals surface area contributed by atoms with E-state index in [-0.39, 0.29) is 18.3 Å². The van der Waals surface area contributed by atoms with E-state index in [0.29, 0.717) is 11.5 Å². The van der Waals surface area contributed by atoms with Gasteiger partial charge in [0.2, 0.25) is 5.91 Å². The number of carbonyl (C=O) groups excluding carboxylic acids is 2. The van der Waals surface area contributed by atoms with E-state index in [4.69, 9.17) is 4.74 Å². The molecule has 0 aromatic heterocycles. The molecular formula is C16H19NO3. The molecule has 1 fully saturated rings. The molecule has 3 rings (SSSR count). The number of fused-ring (bicyclic) bond motifs is 1. The van der Waals surface area contributed by atoms with Gasteiger partial charge >= 0.3 is 5.97 Å². The quantitative estimate of drug-likeness (QED) is 0.778. The van der Waals surface area contributed by atoms with Crippen molar-refractivity contribution in [2.45, 2.75) is 32.3 Å². The third kappa shape index (κ3) is 2.42. The zero-order valence-electron chi connectivity index (χ0n) is 11.7. The first-order valence-electron chi connectivity index (χ1n) is 7.23. The van der Waals surface area contributed by atoms with Gasteiger partial charge < -0.3 is 9.64 Å². The normalized spacial score (nSPS) is 25.2. The zero-order valence-corrected chi connectivity index (χ0v) is 11.7. The number of likely N-dealkylation sites (tertiary alicyclic amines) is 1. The number of rotatable bonds is 2. The van der Waals surface area contributed by atoms with Gasteiger partial charge in [-0.05, 0) is 24.8 Å². The molecule has 0 N–H and O–H groups in total. The third-order valence-electron chi connectivity index (χ3n) is 4.15. The van der Waals surface area contributed by atoms with Crippen LogP contribution in [0.3, 0.4) is 0 Å². The Morgan fingerprint density at radius 3 is 3.00 bits per heavy atom. The zero-order chi connectivity index (χ0) is 14.1. The second-order valence-corrected chi connectivity index (χ2v) is 5.77. The summed E-state index contributed by atoms with van der Waals surface area (Å²) >= 11 is 0. The second kappa shape index (κ2) is 5.27. The highest BCUT2D eigenvalue weighted by molar-refractivity contribution is 5.94. The number of amides is 1. The highest BCUT2D eigenvalue weighted by atomic mass is 16.5.